The van der Waals surface area contributed by atoms with Gasteiger partial charge >= 0.3 is 0 Å². The van der Waals surface area contributed by atoms with Crippen LogP contribution in [0.1, 0.15) is 0 Å². The van der Waals surface area contributed by atoms with Crippen molar-refractivity contribution in [2.45, 2.75) is 0 Å². The minimum Gasteiger partial charge on any atom is -0.221 e. The van der Waals surface area contributed by atoms with Gasteiger partial charge in [0, 0.05) is 55.1 Å². The standard InChI is InChI=1S/La.H2O3.Zn/c;1-3-2;/h;1-2H;. The molecule has 5 heavy (non-hydrogen) atoms. The minimum absolute atomic E-state index is 0. The van der Waals surface area contributed by atoms with E-state index in [1.807, 2.05) is 0 Å². The van der Waals surface area contributed by atoms with E-state index in [4.69, 9.17) is 10.5 Å². The Morgan fingerprint density at radius 2 is 1.20 bits per heavy atom. The van der Waals surface area contributed by atoms with Crippen molar-refractivity contribution in [3.63, 3.8) is 0 Å². The Labute approximate surface area is 69.9 Å². The first-order chi connectivity index (χ1) is 1.41. The van der Waals surface area contributed by atoms with E-state index in [1.165, 1.54) is 0 Å². The molecule has 0 bridgehead atoms. The van der Waals surface area contributed by atoms with Crippen molar-refractivity contribution >= 4 is 0 Å². The van der Waals surface area contributed by atoms with Crippen LogP contribution in [-0.4, -0.2) is 10.5 Å². The second-order valence-electron chi connectivity index (χ2n) is 0.0816. The first-order valence-electron chi connectivity index (χ1n) is 0.365. The normalized spacial score (nSPS) is 3.60. The van der Waals surface area contributed by atoms with Gasteiger partial charge in [-0.25, -0.2) is 10.5 Å². The van der Waals surface area contributed by atoms with Gasteiger partial charge in [0.2, 0.25) is 0 Å². The molecule has 1 radical (unpaired) electrons. The maximum absolute atomic E-state index is 6.62. The fourth-order valence-corrected chi connectivity index (χ4v) is 0. The van der Waals surface area contributed by atoms with Crippen molar-refractivity contribution in [1.29, 1.82) is 0 Å². The summed E-state index contributed by atoms with van der Waals surface area (Å²) in [7, 11) is 0. The van der Waals surface area contributed by atoms with Gasteiger partial charge in [-0.3, -0.25) is 0 Å². The Kier molecular flexibility index (Phi) is 54.9. The monoisotopic (exact) mass is 253 g/mol. The van der Waals surface area contributed by atoms with E-state index in [0.717, 1.165) is 0 Å². The van der Waals surface area contributed by atoms with Crippen LogP contribution in [0.2, 0.25) is 0 Å². The summed E-state index contributed by atoms with van der Waals surface area (Å²) in [6, 6.07) is 0. The van der Waals surface area contributed by atoms with Crippen LogP contribution in [0.25, 0.3) is 0 Å². The molecule has 0 heterocycles. The van der Waals surface area contributed by atoms with Crippen LogP contribution < -0.4 is 0 Å². The van der Waals surface area contributed by atoms with Gasteiger partial charge < -0.3 is 0 Å². The molecule has 0 spiro atoms. The quantitative estimate of drug-likeness (QED) is 0.362. The van der Waals surface area contributed by atoms with Crippen molar-refractivity contribution in [2.24, 2.45) is 0 Å². The van der Waals surface area contributed by atoms with E-state index in [0.29, 0.717) is 0 Å². The predicted octanol–water partition coefficient (Wildman–Crippen LogP) is -0.0535. The zero-order valence-corrected chi connectivity index (χ0v) is 9.18. The van der Waals surface area contributed by atoms with E-state index in [9.17, 15) is 0 Å². The van der Waals surface area contributed by atoms with Crippen LogP contribution in [0.15, 0.2) is 0 Å². The average Bonchev–Trinajstić information content (AvgIpc) is 0.918. The zero-order chi connectivity index (χ0) is 2.71. The van der Waals surface area contributed by atoms with Gasteiger partial charge in [0.1, 0.15) is 0 Å². The van der Waals surface area contributed by atoms with Gasteiger partial charge in [-0.2, -0.15) is 0 Å². The topological polar surface area (TPSA) is 49.7 Å². The molecule has 0 saturated carbocycles. The third-order valence-corrected chi connectivity index (χ3v) is 0. The molecule has 5 heteroatoms. The SMILES string of the molecule is OOO.[La].[Zn]. The third-order valence-electron chi connectivity index (χ3n) is 0. The van der Waals surface area contributed by atoms with Gasteiger partial charge in [0.05, 0.1) is 0 Å². The molecule has 25 valence electrons. The molecular formula is H2LaO3Zn. The Morgan fingerprint density at radius 3 is 1.20 bits per heavy atom. The Morgan fingerprint density at radius 1 is 1.20 bits per heavy atom. The summed E-state index contributed by atoms with van der Waals surface area (Å²) in [4.78, 5) is 0. The van der Waals surface area contributed by atoms with E-state index in [-0.39, 0.29) is 55.1 Å². The fourth-order valence-electron chi connectivity index (χ4n) is 0. The molecule has 0 aromatic rings. The van der Waals surface area contributed by atoms with Crippen molar-refractivity contribution in [3.8, 4) is 0 Å². The molecule has 0 aromatic carbocycles. The summed E-state index contributed by atoms with van der Waals surface area (Å²) in [6.45, 7) is 0. The summed E-state index contributed by atoms with van der Waals surface area (Å²) >= 11 is 0. The second kappa shape index (κ2) is 17.3. The maximum atomic E-state index is 6.62. The van der Waals surface area contributed by atoms with Gasteiger partial charge in [0.25, 0.3) is 0 Å². The number of hydrogen-bond acceptors (Lipinski definition) is 3. The Bertz CT molecular complexity index is 6.85. The van der Waals surface area contributed by atoms with Crippen molar-refractivity contribution in [2.75, 3.05) is 0 Å². The molecule has 0 aromatic heterocycles. The molecular weight excluding hydrogens is 252 g/mol. The summed E-state index contributed by atoms with van der Waals surface area (Å²) < 4.78 is 0. The molecule has 2 N–H and O–H groups in total. The van der Waals surface area contributed by atoms with Crippen LogP contribution in [0, 0.1) is 35.6 Å². The Balaban J connectivity index is -0.0000000200. The zero-order valence-electron chi connectivity index (χ0n) is 2.59. The molecule has 0 saturated heterocycles. The molecule has 0 unspecified atom stereocenters. The van der Waals surface area contributed by atoms with E-state index in [2.05, 4.69) is 5.04 Å². The van der Waals surface area contributed by atoms with E-state index < -0.39 is 0 Å². The minimum atomic E-state index is 0. The summed E-state index contributed by atoms with van der Waals surface area (Å²) in [5.74, 6) is 0. The second-order valence-corrected chi connectivity index (χ2v) is 0.0816. The van der Waals surface area contributed by atoms with Crippen LogP contribution >= 0.6 is 0 Å². The van der Waals surface area contributed by atoms with Gasteiger partial charge in [0.15, 0.2) is 0 Å². The molecule has 0 fully saturated rings. The average molecular weight is 254 g/mol. The molecule has 3 nitrogen and oxygen atoms in total. The Hall–Kier alpha value is 1.70. The van der Waals surface area contributed by atoms with Crippen molar-refractivity contribution < 1.29 is 70.6 Å². The first kappa shape index (κ1) is 15.9. The predicted molar refractivity (Wildman–Crippen MR) is 6.34 cm³/mol. The van der Waals surface area contributed by atoms with Crippen molar-refractivity contribution in [3.05, 3.63) is 0 Å². The third kappa shape index (κ3) is 27.0. The van der Waals surface area contributed by atoms with Crippen molar-refractivity contribution in [1.82, 2.24) is 0 Å². The summed E-state index contributed by atoms with van der Waals surface area (Å²) in [6.07, 6.45) is 0. The molecule has 0 amide bonds. The number of hydrogen-bond donors (Lipinski definition) is 2. The smallest absolute Gasteiger partial charge is 0 e. The first-order valence-corrected chi connectivity index (χ1v) is 0.365. The summed E-state index contributed by atoms with van der Waals surface area (Å²) in [5, 5.41) is 15.5. The van der Waals surface area contributed by atoms with Gasteiger partial charge in [-0.1, -0.05) is 5.04 Å². The van der Waals surface area contributed by atoms with E-state index in [1.54, 1.807) is 0 Å². The van der Waals surface area contributed by atoms with Crippen LogP contribution in [0.4, 0.5) is 0 Å². The molecule has 0 aliphatic rings. The maximum Gasteiger partial charge on any atom is 0 e. The van der Waals surface area contributed by atoms with E-state index >= 15 is 0 Å². The molecule has 0 rings (SSSR count). The van der Waals surface area contributed by atoms with Crippen LogP contribution in [0.3, 0.4) is 0 Å². The fraction of sp³-hybridized carbons (Fsp3) is 0. The molecule has 0 atom stereocenters. The van der Waals surface area contributed by atoms with Gasteiger partial charge in [-0.15, -0.1) is 0 Å². The van der Waals surface area contributed by atoms with Gasteiger partial charge in [-0.05, 0) is 0 Å². The number of rotatable bonds is 0. The molecule has 0 aliphatic carbocycles. The van der Waals surface area contributed by atoms with Crippen LogP contribution in [-0.2, 0) is 24.5 Å². The largest absolute Gasteiger partial charge is 0.221 e. The summed E-state index contributed by atoms with van der Waals surface area (Å²) in [5.41, 5.74) is 0. The molecule has 0 aliphatic heterocycles. The van der Waals surface area contributed by atoms with Crippen LogP contribution in [0.5, 0.6) is 0 Å².